The van der Waals surface area contributed by atoms with Crippen LogP contribution in [-0.2, 0) is 5.41 Å². The monoisotopic (exact) mass is 184 g/mol. The van der Waals surface area contributed by atoms with Crippen molar-refractivity contribution < 1.29 is 8.81 Å². The van der Waals surface area contributed by atoms with Crippen LogP contribution in [0.15, 0.2) is 16.7 Å². The SMILES string of the molecule is CCCC(C)(CC)c1coc(F)c1. The molecule has 1 unspecified atom stereocenters. The van der Waals surface area contributed by atoms with Gasteiger partial charge in [0.1, 0.15) is 0 Å². The Balaban J connectivity index is 2.88. The lowest BCUT2D eigenvalue weighted by Gasteiger charge is -2.26. The molecule has 1 rings (SSSR count). The molecule has 0 saturated carbocycles. The molecule has 1 aromatic heterocycles. The number of halogens is 1. The van der Waals surface area contributed by atoms with Crippen molar-refractivity contribution in [1.29, 1.82) is 0 Å². The highest BCUT2D eigenvalue weighted by molar-refractivity contribution is 5.19. The standard InChI is InChI=1S/C11H17FO/c1-4-6-11(3,5-2)9-7-10(12)13-8-9/h7-8H,4-6H2,1-3H3. The third-order valence-electron chi connectivity index (χ3n) is 2.85. The van der Waals surface area contributed by atoms with Crippen LogP contribution in [0.4, 0.5) is 4.39 Å². The van der Waals surface area contributed by atoms with Crippen LogP contribution in [0.5, 0.6) is 0 Å². The lowest BCUT2D eigenvalue weighted by atomic mass is 9.78. The molecule has 0 aromatic carbocycles. The van der Waals surface area contributed by atoms with Gasteiger partial charge in [-0.25, -0.2) is 0 Å². The average molecular weight is 184 g/mol. The Bertz CT molecular complexity index is 267. The summed E-state index contributed by atoms with van der Waals surface area (Å²) in [4.78, 5) is 0. The van der Waals surface area contributed by atoms with Gasteiger partial charge in [-0.3, -0.25) is 0 Å². The van der Waals surface area contributed by atoms with Crippen molar-refractivity contribution in [3.05, 3.63) is 23.9 Å². The van der Waals surface area contributed by atoms with Crippen LogP contribution in [0.1, 0.15) is 45.6 Å². The Morgan fingerprint density at radius 2 is 2.15 bits per heavy atom. The third kappa shape index (κ3) is 2.11. The molecule has 0 bridgehead atoms. The van der Waals surface area contributed by atoms with Gasteiger partial charge < -0.3 is 4.42 Å². The Labute approximate surface area is 78.9 Å². The molecule has 0 N–H and O–H groups in total. The summed E-state index contributed by atoms with van der Waals surface area (Å²) in [7, 11) is 0. The van der Waals surface area contributed by atoms with Crippen molar-refractivity contribution in [3.63, 3.8) is 0 Å². The van der Waals surface area contributed by atoms with Crippen LogP contribution in [0.3, 0.4) is 0 Å². The van der Waals surface area contributed by atoms with E-state index in [1.807, 2.05) is 0 Å². The fourth-order valence-corrected chi connectivity index (χ4v) is 1.70. The third-order valence-corrected chi connectivity index (χ3v) is 2.85. The quantitative estimate of drug-likeness (QED) is 0.692. The van der Waals surface area contributed by atoms with Gasteiger partial charge in [0, 0.05) is 6.07 Å². The van der Waals surface area contributed by atoms with Gasteiger partial charge in [0.05, 0.1) is 6.26 Å². The highest BCUT2D eigenvalue weighted by atomic mass is 19.1. The van der Waals surface area contributed by atoms with E-state index in [0.717, 1.165) is 24.8 Å². The smallest absolute Gasteiger partial charge is 0.277 e. The summed E-state index contributed by atoms with van der Waals surface area (Å²) in [6.45, 7) is 6.42. The summed E-state index contributed by atoms with van der Waals surface area (Å²) in [6.07, 6.45) is 4.73. The summed E-state index contributed by atoms with van der Waals surface area (Å²) in [6, 6.07) is 1.02. The van der Waals surface area contributed by atoms with Crippen molar-refractivity contribution >= 4 is 0 Å². The van der Waals surface area contributed by atoms with Gasteiger partial charge in [-0.2, -0.15) is 4.39 Å². The summed E-state index contributed by atoms with van der Waals surface area (Å²) in [5, 5.41) is 0. The van der Waals surface area contributed by atoms with Gasteiger partial charge in [-0.15, -0.1) is 0 Å². The molecule has 0 amide bonds. The number of hydrogen-bond donors (Lipinski definition) is 0. The molecule has 0 fully saturated rings. The van der Waals surface area contributed by atoms with Gasteiger partial charge in [0.25, 0.3) is 6.01 Å². The van der Waals surface area contributed by atoms with Gasteiger partial charge in [0.15, 0.2) is 0 Å². The van der Waals surface area contributed by atoms with E-state index in [9.17, 15) is 4.39 Å². The van der Waals surface area contributed by atoms with Crippen LogP contribution >= 0.6 is 0 Å². The first kappa shape index (κ1) is 10.3. The fourth-order valence-electron chi connectivity index (χ4n) is 1.70. The van der Waals surface area contributed by atoms with Gasteiger partial charge >= 0.3 is 0 Å². The topological polar surface area (TPSA) is 13.1 Å². The molecule has 0 aliphatic rings. The maximum absolute atomic E-state index is 12.7. The van der Waals surface area contributed by atoms with E-state index in [2.05, 4.69) is 20.8 Å². The molecule has 0 aliphatic carbocycles. The Morgan fingerprint density at radius 3 is 2.54 bits per heavy atom. The summed E-state index contributed by atoms with van der Waals surface area (Å²) in [5.74, 6) is 0. The zero-order valence-electron chi connectivity index (χ0n) is 8.56. The zero-order valence-corrected chi connectivity index (χ0v) is 8.56. The number of furan rings is 1. The highest BCUT2D eigenvalue weighted by Crippen LogP contribution is 2.33. The van der Waals surface area contributed by atoms with Gasteiger partial charge in [0.2, 0.25) is 0 Å². The van der Waals surface area contributed by atoms with E-state index in [-0.39, 0.29) is 5.41 Å². The maximum atomic E-state index is 12.7. The highest BCUT2D eigenvalue weighted by Gasteiger charge is 2.25. The van der Waals surface area contributed by atoms with E-state index in [4.69, 9.17) is 4.42 Å². The normalized spacial score (nSPS) is 15.7. The summed E-state index contributed by atoms with van der Waals surface area (Å²) in [5.41, 5.74) is 1.05. The van der Waals surface area contributed by atoms with E-state index >= 15 is 0 Å². The second-order valence-electron chi connectivity index (χ2n) is 3.80. The molecular weight excluding hydrogens is 167 g/mol. The Kier molecular flexibility index (Phi) is 3.12. The molecule has 1 aromatic rings. The molecule has 1 heterocycles. The van der Waals surface area contributed by atoms with Crippen molar-refractivity contribution in [2.24, 2.45) is 0 Å². The van der Waals surface area contributed by atoms with Crippen molar-refractivity contribution in [3.8, 4) is 0 Å². The first-order chi connectivity index (χ1) is 6.12. The van der Waals surface area contributed by atoms with Crippen LogP contribution in [-0.4, -0.2) is 0 Å². The molecule has 13 heavy (non-hydrogen) atoms. The molecule has 74 valence electrons. The molecule has 0 aliphatic heterocycles. The van der Waals surface area contributed by atoms with Crippen molar-refractivity contribution in [2.45, 2.75) is 45.4 Å². The molecule has 2 heteroatoms. The largest absolute Gasteiger partial charge is 0.439 e. The lowest BCUT2D eigenvalue weighted by molar-refractivity contribution is 0.355. The second kappa shape index (κ2) is 3.95. The van der Waals surface area contributed by atoms with E-state index in [0.29, 0.717) is 0 Å². The molecule has 0 radical (unpaired) electrons. The number of hydrogen-bond acceptors (Lipinski definition) is 1. The zero-order chi connectivity index (χ0) is 9.90. The van der Waals surface area contributed by atoms with Gasteiger partial charge in [-0.1, -0.05) is 27.2 Å². The second-order valence-corrected chi connectivity index (χ2v) is 3.80. The maximum Gasteiger partial charge on any atom is 0.277 e. The molecule has 1 atom stereocenters. The van der Waals surface area contributed by atoms with Crippen LogP contribution in [0, 0.1) is 6.01 Å². The van der Waals surface area contributed by atoms with Crippen LogP contribution < -0.4 is 0 Å². The van der Waals surface area contributed by atoms with Crippen LogP contribution in [0.2, 0.25) is 0 Å². The molecule has 1 nitrogen and oxygen atoms in total. The summed E-state index contributed by atoms with van der Waals surface area (Å²) < 4.78 is 17.4. The minimum atomic E-state index is -0.481. The predicted molar refractivity (Wildman–Crippen MR) is 51.2 cm³/mol. The molecular formula is C11H17FO. The average Bonchev–Trinajstić information content (AvgIpc) is 2.52. The molecule has 0 spiro atoms. The first-order valence-electron chi connectivity index (χ1n) is 4.87. The Hall–Kier alpha value is -0.790. The molecule has 0 saturated heterocycles. The first-order valence-corrected chi connectivity index (χ1v) is 4.87. The van der Waals surface area contributed by atoms with Gasteiger partial charge in [-0.05, 0) is 23.8 Å². The lowest BCUT2D eigenvalue weighted by Crippen LogP contribution is -2.19. The fraction of sp³-hybridized carbons (Fsp3) is 0.636. The minimum absolute atomic E-state index is 0.0720. The van der Waals surface area contributed by atoms with Crippen molar-refractivity contribution in [1.82, 2.24) is 0 Å². The van der Waals surface area contributed by atoms with E-state index in [1.165, 1.54) is 12.3 Å². The summed E-state index contributed by atoms with van der Waals surface area (Å²) >= 11 is 0. The van der Waals surface area contributed by atoms with Crippen LogP contribution in [0.25, 0.3) is 0 Å². The van der Waals surface area contributed by atoms with E-state index in [1.54, 1.807) is 0 Å². The number of rotatable bonds is 4. The predicted octanol–water partition coefficient (Wildman–Crippen LogP) is 3.89. The van der Waals surface area contributed by atoms with E-state index < -0.39 is 6.01 Å². The minimum Gasteiger partial charge on any atom is -0.439 e. The van der Waals surface area contributed by atoms with Crippen molar-refractivity contribution in [2.75, 3.05) is 0 Å². The Morgan fingerprint density at radius 1 is 1.46 bits per heavy atom.